The number of amides is 1. The summed E-state index contributed by atoms with van der Waals surface area (Å²) in [5.41, 5.74) is 1.90. The van der Waals surface area contributed by atoms with Crippen LogP contribution in [-0.2, 0) is 4.79 Å². The summed E-state index contributed by atoms with van der Waals surface area (Å²) in [4.78, 5) is 23.6. The molecule has 2 aromatic rings. The van der Waals surface area contributed by atoms with Crippen LogP contribution in [0.15, 0.2) is 81.0 Å². The van der Waals surface area contributed by atoms with E-state index in [2.05, 4.69) is 35.5 Å². The number of rotatable bonds is 4. The molecule has 4 nitrogen and oxygen atoms in total. The number of nitrogens with zero attached hydrogens (tertiary/aromatic N) is 3. The summed E-state index contributed by atoms with van der Waals surface area (Å²) in [6.45, 7) is 7.09. The average Bonchev–Trinajstić information content (AvgIpc) is 3.22. The lowest BCUT2D eigenvalue weighted by Gasteiger charge is -2.19. The Kier molecular flexibility index (Phi) is 5.53. The summed E-state index contributed by atoms with van der Waals surface area (Å²) >= 11 is 9.02. The number of aliphatic imine (C=N–C) groups is 1. The topological polar surface area (TPSA) is 35.9 Å². The van der Waals surface area contributed by atoms with Gasteiger partial charge in [-0.1, -0.05) is 41.6 Å². The van der Waals surface area contributed by atoms with Crippen LogP contribution < -0.4 is 4.90 Å². The van der Waals surface area contributed by atoms with Crippen molar-refractivity contribution in [1.29, 1.82) is 0 Å². The number of carbonyl (C=O) groups is 1. The predicted octanol–water partition coefficient (Wildman–Crippen LogP) is 5.89. The van der Waals surface area contributed by atoms with Crippen molar-refractivity contribution in [2.75, 3.05) is 18.0 Å². The van der Waals surface area contributed by atoms with Gasteiger partial charge in [0.1, 0.15) is 9.93 Å². The molecule has 0 N–H and O–H groups in total. The summed E-state index contributed by atoms with van der Waals surface area (Å²) in [7, 11) is 0. The zero-order chi connectivity index (χ0) is 19.7. The second kappa shape index (κ2) is 8.07. The molecule has 0 radical (unpaired) electrons. The van der Waals surface area contributed by atoms with E-state index >= 15 is 0 Å². The van der Waals surface area contributed by atoms with Crippen LogP contribution >= 0.6 is 35.1 Å². The highest BCUT2D eigenvalue weighted by molar-refractivity contribution is 8.19. The van der Waals surface area contributed by atoms with Crippen molar-refractivity contribution >= 4 is 57.6 Å². The van der Waals surface area contributed by atoms with Crippen LogP contribution in [-0.4, -0.2) is 29.1 Å². The Hall–Kier alpha value is -2.15. The first-order valence-electron chi connectivity index (χ1n) is 8.86. The fourth-order valence-electron chi connectivity index (χ4n) is 3.05. The molecule has 142 valence electrons. The normalized spacial score (nSPS) is 20.2. The highest BCUT2D eigenvalue weighted by atomic mass is 35.5. The lowest BCUT2D eigenvalue weighted by atomic mass is 10.3. The molecule has 7 heteroatoms. The van der Waals surface area contributed by atoms with E-state index in [1.807, 2.05) is 24.3 Å². The summed E-state index contributed by atoms with van der Waals surface area (Å²) in [5.74, 6) is -0.0358. The fourth-order valence-corrected chi connectivity index (χ4v) is 5.58. The summed E-state index contributed by atoms with van der Waals surface area (Å²) in [6, 6.07) is 15.5. The van der Waals surface area contributed by atoms with Crippen molar-refractivity contribution in [3.8, 4) is 0 Å². The Bertz CT molecular complexity index is 1000. The summed E-state index contributed by atoms with van der Waals surface area (Å²) in [5, 5.41) is 2.28. The number of amidine groups is 1. The molecule has 4 rings (SSSR count). The Labute approximate surface area is 178 Å². The van der Waals surface area contributed by atoms with Crippen LogP contribution in [0.1, 0.15) is 6.92 Å². The first-order valence-corrected chi connectivity index (χ1v) is 10.9. The third-order valence-corrected chi connectivity index (χ3v) is 6.98. The average molecular weight is 428 g/mol. The lowest BCUT2D eigenvalue weighted by molar-refractivity contribution is -0.121. The monoisotopic (exact) mass is 427 g/mol. The SMILES string of the molecule is C=CCN1C(=O)C(=C2Sc3ccccc3N2CC)SC1=Nc1ccc(Cl)cc1. The molecule has 0 bridgehead atoms. The van der Waals surface area contributed by atoms with Crippen molar-refractivity contribution in [3.63, 3.8) is 0 Å². The van der Waals surface area contributed by atoms with Gasteiger partial charge >= 0.3 is 0 Å². The maximum atomic E-state index is 13.2. The van der Waals surface area contributed by atoms with E-state index in [9.17, 15) is 4.79 Å². The van der Waals surface area contributed by atoms with E-state index in [-0.39, 0.29) is 5.91 Å². The first-order chi connectivity index (χ1) is 13.6. The van der Waals surface area contributed by atoms with Gasteiger partial charge < -0.3 is 4.90 Å². The van der Waals surface area contributed by atoms with Crippen molar-refractivity contribution < 1.29 is 4.79 Å². The van der Waals surface area contributed by atoms with E-state index in [0.29, 0.717) is 21.6 Å². The Morgan fingerprint density at radius 1 is 1.11 bits per heavy atom. The third kappa shape index (κ3) is 3.48. The first kappa shape index (κ1) is 19.2. The van der Waals surface area contributed by atoms with Gasteiger partial charge in [0, 0.05) is 23.0 Å². The summed E-state index contributed by atoms with van der Waals surface area (Å²) < 4.78 is 0. The van der Waals surface area contributed by atoms with Crippen molar-refractivity contribution in [2.45, 2.75) is 11.8 Å². The Morgan fingerprint density at radius 2 is 1.86 bits per heavy atom. The molecule has 2 aliphatic heterocycles. The number of anilines is 1. The van der Waals surface area contributed by atoms with Gasteiger partial charge in [-0.15, -0.1) is 6.58 Å². The highest BCUT2D eigenvalue weighted by Gasteiger charge is 2.39. The number of thioether (sulfide) groups is 2. The minimum absolute atomic E-state index is 0.0358. The second-order valence-corrected chi connectivity index (χ2v) is 8.57. The highest BCUT2D eigenvalue weighted by Crippen LogP contribution is 2.50. The lowest BCUT2D eigenvalue weighted by Crippen LogP contribution is -2.30. The molecule has 1 fully saturated rings. The molecule has 0 unspecified atom stereocenters. The van der Waals surface area contributed by atoms with E-state index in [1.54, 1.807) is 34.9 Å². The van der Waals surface area contributed by atoms with E-state index in [4.69, 9.17) is 11.6 Å². The number of hydrogen-bond acceptors (Lipinski definition) is 5. The van der Waals surface area contributed by atoms with E-state index < -0.39 is 0 Å². The number of hydrogen-bond donors (Lipinski definition) is 0. The standard InChI is InChI=1S/C21H18ClN3OS2/c1-3-13-25-19(26)18(28-21(25)23-15-11-9-14(22)10-12-15)20-24(4-2)16-7-5-6-8-17(16)27-20/h3,5-12H,1,4,13H2,2H3. The maximum absolute atomic E-state index is 13.2. The van der Waals surface area contributed by atoms with Crippen molar-refractivity contribution in [3.05, 3.63) is 76.1 Å². The molecular weight excluding hydrogens is 410 g/mol. The van der Waals surface area contributed by atoms with Gasteiger partial charge in [0.15, 0.2) is 5.17 Å². The van der Waals surface area contributed by atoms with Gasteiger partial charge in [-0.25, -0.2) is 4.99 Å². The summed E-state index contributed by atoms with van der Waals surface area (Å²) in [6.07, 6.45) is 1.72. The minimum Gasteiger partial charge on any atom is -0.334 e. The molecule has 0 spiro atoms. The number of carbonyl (C=O) groups excluding carboxylic acids is 1. The number of fused-ring (bicyclic) bond motifs is 1. The molecule has 0 aliphatic carbocycles. The molecule has 28 heavy (non-hydrogen) atoms. The zero-order valence-electron chi connectivity index (χ0n) is 15.3. The molecule has 0 atom stereocenters. The van der Waals surface area contributed by atoms with Crippen molar-refractivity contribution in [1.82, 2.24) is 4.90 Å². The largest absolute Gasteiger partial charge is 0.334 e. The Balaban J connectivity index is 1.75. The quantitative estimate of drug-likeness (QED) is 0.450. The molecule has 0 saturated carbocycles. The molecule has 1 saturated heterocycles. The second-order valence-electron chi connectivity index (χ2n) is 6.13. The van der Waals surface area contributed by atoms with E-state index in [0.717, 1.165) is 22.9 Å². The molecule has 1 amide bonds. The van der Waals surface area contributed by atoms with Gasteiger partial charge in [-0.2, -0.15) is 0 Å². The van der Waals surface area contributed by atoms with Gasteiger partial charge in [-0.3, -0.25) is 9.69 Å². The molecule has 2 heterocycles. The number of benzene rings is 2. The van der Waals surface area contributed by atoms with Gasteiger partial charge in [-0.05, 0) is 55.1 Å². The van der Waals surface area contributed by atoms with Crippen LogP contribution in [0.2, 0.25) is 5.02 Å². The third-order valence-electron chi connectivity index (χ3n) is 4.34. The minimum atomic E-state index is -0.0358. The molecule has 2 aromatic carbocycles. The zero-order valence-corrected chi connectivity index (χ0v) is 17.7. The van der Waals surface area contributed by atoms with Gasteiger partial charge in [0.25, 0.3) is 5.91 Å². The molecule has 0 aromatic heterocycles. The smallest absolute Gasteiger partial charge is 0.269 e. The molecule has 2 aliphatic rings. The van der Waals surface area contributed by atoms with Crippen LogP contribution in [0.25, 0.3) is 0 Å². The van der Waals surface area contributed by atoms with Crippen LogP contribution in [0.5, 0.6) is 0 Å². The van der Waals surface area contributed by atoms with Gasteiger partial charge in [0.2, 0.25) is 0 Å². The van der Waals surface area contributed by atoms with Crippen LogP contribution in [0.3, 0.4) is 0 Å². The fraction of sp³-hybridized carbons (Fsp3) is 0.143. The van der Waals surface area contributed by atoms with E-state index in [1.165, 1.54) is 16.7 Å². The predicted molar refractivity (Wildman–Crippen MR) is 120 cm³/mol. The molecular formula is C21H18ClN3OS2. The van der Waals surface area contributed by atoms with Crippen molar-refractivity contribution in [2.24, 2.45) is 4.99 Å². The van der Waals surface area contributed by atoms with Gasteiger partial charge in [0.05, 0.1) is 11.4 Å². The number of para-hydroxylation sites is 1. The maximum Gasteiger partial charge on any atom is 0.269 e. The van der Waals surface area contributed by atoms with Crippen LogP contribution in [0, 0.1) is 0 Å². The Morgan fingerprint density at radius 3 is 2.57 bits per heavy atom. The number of halogens is 1. The van der Waals surface area contributed by atoms with Crippen LogP contribution in [0.4, 0.5) is 11.4 Å².